The second kappa shape index (κ2) is 5.08. The van der Waals surface area contributed by atoms with E-state index in [0.717, 1.165) is 11.1 Å². The van der Waals surface area contributed by atoms with Crippen LogP contribution in [-0.2, 0) is 4.79 Å². The highest BCUT2D eigenvalue weighted by Gasteiger charge is 2.26. The third-order valence-electron chi connectivity index (χ3n) is 2.48. The van der Waals surface area contributed by atoms with Crippen LogP contribution in [0.2, 0.25) is 0 Å². The summed E-state index contributed by atoms with van der Waals surface area (Å²) in [6.07, 6.45) is 5.21. The highest BCUT2D eigenvalue weighted by atomic mass is 35.5. The predicted octanol–water partition coefficient (Wildman–Crippen LogP) is 3.36. The number of hydrogen-bond acceptors (Lipinski definition) is 1. The summed E-state index contributed by atoms with van der Waals surface area (Å²) in [4.78, 5) is 10.5. The number of halogens is 2. The second-order valence-electron chi connectivity index (χ2n) is 3.61. The molecule has 0 fully saturated rings. The summed E-state index contributed by atoms with van der Waals surface area (Å²) >= 11 is 0. The molecule has 3 heteroatoms. The summed E-state index contributed by atoms with van der Waals surface area (Å²) in [5, 5.41) is 0. The van der Waals surface area contributed by atoms with Crippen molar-refractivity contribution in [1.82, 2.24) is 0 Å². The third kappa shape index (κ3) is 2.58. The lowest BCUT2D eigenvalue weighted by Crippen LogP contribution is -2.22. The number of carbonyl (C=O) groups is 1. The first-order valence-corrected chi connectivity index (χ1v) is 4.84. The molecule has 84 valence electrons. The molecule has 1 aliphatic rings. The molecular weight excluding hydrogens is 227 g/mol. The minimum Gasteiger partial charge on any atom is -0.299 e. The van der Waals surface area contributed by atoms with Gasteiger partial charge in [-0.25, -0.2) is 4.39 Å². The summed E-state index contributed by atoms with van der Waals surface area (Å²) < 4.78 is 13.5. The summed E-state index contributed by atoms with van der Waals surface area (Å²) in [7, 11) is 0. The van der Waals surface area contributed by atoms with Crippen molar-refractivity contribution in [3.05, 3.63) is 54.1 Å². The zero-order valence-corrected chi connectivity index (χ0v) is 9.41. The fourth-order valence-corrected chi connectivity index (χ4v) is 1.56. The van der Waals surface area contributed by atoms with Gasteiger partial charge in [-0.3, -0.25) is 4.79 Å². The number of hydrogen-bond donors (Lipinski definition) is 0. The molecule has 0 spiro atoms. The van der Waals surface area contributed by atoms with Gasteiger partial charge in [-0.05, 0) is 17.2 Å². The summed E-state index contributed by atoms with van der Waals surface area (Å²) in [6, 6.07) is 9.72. The number of benzene rings is 1. The van der Waals surface area contributed by atoms with Crippen LogP contribution < -0.4 is 0 Å². The molecule has 0 saturated heterocycles. The van der Waals surface area contributed by atoms with E-state index >= 15 is 0 Å². The Kier molecular flexibility index (Phi) is 4.02. The molecule has 0 heterocycles. The van der Waals surface area contributed by atoms with Crippen LogP contribution in [0.25, 0.3) is 5.57 Å². The molecule has 0 aromatic heterocycles. The maximum atomic E-state index is 13.5. The minimum absolute atomic E-state index is 0. The van der Waals surface area contributed by atoms with E-state index in [0.29, 0.717) is 6.29 Å². The highest BCUT2D eigenvalue weighted by molar-refractivity contribution is 5.85. The lowest BCUT2D eigenvalue weighted by atomic mass is 9.92. The molecule has 1 atom stereocenters. The number of aldehydes is 1. The maximum absolute atomic E-state index is 13.5. The van der Waals surface area contributed by atoms with Gasteiger partial charge in [0.1, 0.15) is 0 Å². The molecule has 0 saturated carbocycles. The third-order valence-corrected chi connectivity index (χ3v) is 2.48. The molecule has 0 aliphatic heterocycles. The topological polar surface area (TPSA) is 17.1 Å². The molecule has 0 amide bonds. The first kappa shape index (κ1) is 12.7. The fourth-order valence-electron chi connectivity index (χ4n) is 1.56. The number of rotatable bonds is 2. The van der Waals surface area contributed by atoms with Gasteiger partial charge in [-0.1, -0.05) is 42.5 Å². The van der Waals surface area contributed by atoms with Crippen LogP contribution >= 0.6 is 12.4 Å². The molecule has 1 aromatic rings. The second-order valence-corrected chi connectivity index (χ2v) is 3.61. The van der Waals surface area contributed by atoms with Crippen LogP contribution in [0, 0.1) is 0 Å². The molecule has 1 aliphatic carbocycles. The molecule has 1 nitrogen and oxygen atoms in total. The quantitative estimate of drug-likeness (QED) is 0.722. The summed E-state index contributed by atoms with van der Waals surface area (Å²) in [5.41, 5.74) is 0.200. The van der Waals surface area contributed by atoms with E-state index in [2.05, 4.69) is 0 Å². The zero-order valence-electron chi connectivity index (χ0n) is 8.60. The van der Waals surface area contributed by atoms with E-state index in [-0.39, 0.29) is 18.8 Å². The Balaban J connectivity index is 0.00000128. The lowest BCUT2D eigenvalue weighted by Gasteiger charge is -2.17. The average Bonchev–Trinajstić information content (AvgIpc) is 2.31. The van der Waals surface area contributed by atoms with Crippen LogP contribution in [0.4, 0.5) is 4.39 Å². The lowest BCUT2D eigenvalue weighted by molar-refractivity contribution is -0.115. The Morgan fingerprint density at radius 2 is 1.94 bits per heavy atom. The van der Waals surface area contributed by atoms with Crippen LogP contribution in [0.5, 0.6) is 0 Å². The molecule has 2 rings (SSSR count). The number of allylic oxidation sites excluding steroid dienone is 4. The Bertz CT molecular complexity index is 425. The van der Waals surface area contributed by atoms with Gasteiger partial charge in [0, 0.05) is 6.42 Å². The molecule has 0 bridgehead atoms. The molecule has 16 heavy (non-hydrogen) atoms. The molecule has 1 aromatic carbocycles. The maximum Gasteiger partial charge on any atom is 0.187 e. The monoisotopic (exact) mass is 238 g/mol. The largest absolute Gasteiger partial charge is 0.299 e. The van der Waals surface area contributed by atoms with Crippen molar-refractivity contribution in [1.29, 1.82) is 0 Å². The molecule has 0 N–H and O–H groups in total. The van der Waals surface area contributed by atoms with Crippen LogP contribution in [-0.4, -0.2) is 12.0 Å². The van der Waals surface area contributed by atoms with Gasteiger partial charge in [0.15, 0.2) is 12.0 Å². The van der Waals surface area contributed by atoms with Crippen molar-refractivity contribution in [2.75, 3.05) is 0 Å². The van der Waals surface area contributed by atoms with Crippen molar-refractivity contribution in [2.45, 2.75) is 12.1 Å². The molecular formula is C13H12ClFO. The van der Waals surface area contributed by atoms with Crippen molar-refractivity contribution in [3.8, 4) is 0 Å². The van der Waals surface area contributed by atoms with Gasteiger partial charge in [0.25, 0.3) is 0 Å². The van der Waals surface area contributed by atoms with Crippen LogP contribution in [0.15, 0.2) is 48.6 Å². The Labute approximate surface area is 100 Å². The predicted molar refractivity (Wildman–Crippen MR) is 65.3 cm³/mol. The van der Waals surface area contributed by atoms with Crippen molar-refractivity contribution < 1.29 is 9.18 Å². The first-order valence-electron chi connectivity index (χ1n) is 4.84. The van der Waals surface area contributed by atoms with E-state index in [4.69, 9.17) is 0 Å². The van der Waals surface area contributed by atoms with Gasteiger partial charge in [-0.2, -0.15) is 0 Å². The Morgan fingerprint density at radius 3 is 2.44 bits per heavy atom. The fraction of sp³-hybridized carbons (Fsp3) is 0.154. The van der Waals surface area contributed by atoms with Crippen molar-refractivity contribution in [2.24, 2.45) is 0 Å². The van der Waals surface area contributed by atoms with E-state index in [1.165, 1.54) is 6.08 Å². The standard InChI is InChI=1S/C13H11FO.ClH/c14-13(10-15)8-6-12(7-9-13)11-4-2-1-3-5-11;/h1-8,10H,9H2;1H. The summed E-state index contributed by atoms with van der Waals surface area (Å²) in [5.74, 6) is 0. The van der Waals surface area contributed by atoms with E-state index in [9.17, 15) is 9.18 Å². The normalized spacial score (nSPS) is 23.2. The van der Waals surface area contributed by atoms with Gasteiger partial charge >= 0.3 is 0 Å². The average molecular weight is 239 g/mol. The SMILES string of the molecule is Cl.O=CC1(F)C=CC(c2ccccc2)=CC1. The zero-order chi connectivity index (χ0) is 10.7. The molecule has 1 unspecified atom stereocenters. The van der Waals surface area contributed by atoms with Crippen LogP contribution in [0.1, 0.15) is 12.0 Å². The van der Waals surface area contributed by atoms with Crippen LogP contribution in [0.3, 0.4) is 0 Å². The van der Waals surface area contributed by atoms with E-state index in [1.807, 2.05) is 30.3 Å². The Morgan fingerprint density at radius 1 is 1.25 bits per heavy atom. The molecule has 0 radical (unpaired) electrons. The Hall–Kier alpha value is -1.41. The number of carbonyl (C=O) groups excluding carboxylic acids is 1. The summed E-state index contributed by atoms with van der Waals surface area (Å²) in [6.45, 7) is 0. The van der Waals surface area contributed by atoms with Gasteiger partial charge in [0.05, 0.1) is 0 Å². The van der Waals surface area contributed by atoms with E-state index in [1.54, 1.807) is 12.2 Å². The number of alkyl halides is 1. The van der Waals surface area contributed by atoms with Gasteiger partial charge in [0.2, 0.25) is 0 Å². The first-order chi connectivity index (χ1) is 7.23. The van der Waals surface area contributed by atoms with Crippen molar-refractivity contribution >= 4 is 24.3 Å². The highest BCUT2D eigenvalue weighted by Crippen LogP contribution is 2.27. The van der Waals surface area contributed by atoms with Crippen molar-refractivity contribution in [3.63, 3.8) is 0 Å². The smallest absolute Gasteiger partial charge is 0.187 e. The van der Waals surface area contributed by atoms with Gasteiger partial charge < -0.3 is 0 Å². The van der Waals surface area contributed by atoms with Gasteiger partial charge in [-0.15, -0.1) is 12.4 Å². The van der Waals surface area contributed by atoms with E-state index < -0.39 is 5.67 Å². The minimum atomic E-state index is -1.81.